The molecule has 1 aromatic carbocycles. The summed E-state index contributed by atoms with van der Waals surface area (Å²) in [6.45, 7) is 5.59. The minimum Gasteiger partial charge on any atom is -0.497 e. The molecule has 1 aliphatic carbocycles. The third kappa shape index (κ3) is 5.10. The van der Waals surface area contributed by atoms with Gasteiger partial charge in [-0.15, -0.1) is 5.10 Å². The lowest BCUT2D eigenvalue weighted by Crippen LogP contribution is -2.38. The molecule has 2 heterocycles. The molecule has 0 radical (unpaired) electrons. The Morgan fingerprint density at radius 1 is 1.23 bits per heavy atom. The van der Waals surface area contributed by atoms with E-state index in [-0.39, 0.29) is 12.1 Å². The van der Waals surface area contributed by atoms with Gasteiger partial charge in [0.1, 0.15) is 17.2 Å². The average molecular weight is 425 g/mol. The smallest absolute Gasteiger partial charge is 0.407 e. The maximum Gasteiger partial charge on any atom is 0.407 e. The summed E-state index contributed by atoms with van der Waals surface area (Å²) in [7, 11) is 1.63. The predicted octanol–water partition coefficient (Wildman–Crippen LogP) is 3.46. The second-order valence-electron chi connectivity index (χ2n) is 8.92. The first-order valence-corrected chi connectivity index (χ1v) is 10.5. The molecule has 0 saturated heterocycles. The fraction of sp³-hybridized carbons (Fsp3) is 0.500. The maximum absolute atomic E-state index is 12.0. The summed E-state index contributed by atoms with van der Waals surface area (Å²) in [5, 5.41) is 11.4. The Hall–Kier alpha value is -3.23. The number of carbonyl (C=O) groups is 1. The molecule has 9 nitrogen and oxygen atoms in total. The SMILES string of the molecule is COc1ccc(-n2nnc3cnc(C[C@@H]4CC[C@H](NC(=O)OC(C)(C)C)C4)nc32)cc1. The van der Waals surface area contributed by atoms with Crippen molar-refractivity contribution in [3.63, 3.8) is 0 Å². The van der Waals surface area contributed by atoms with E-state index in [2.05, 4.69) is 20.6 Å². The van der Waals surface area contributed by atoms with Crippen molar-refractivity contribution >= 4 is 17.3 Å². The average Bonchev–Trinajstić information content (AvgIpc) is 3.33. The van der Waals surface area contributed by atoms with E-state index >= 15 is 0 Å². The van der Waals surface area contributed by atoms with E-state index in [1.165, 1.54) is 0 Å². The summed E-state index contributed by atoms with van der Waals surface area (Å²) >= 11 is 0. The molecule has 31 heavy (non-hydrogen) atoms. The first-order chi connectivity index (χ1) is 14.8. The van der Waals surface area contributed by atoms with Crippen LogP contribution in [0.15, 0.2) is 30.5 Å². The highest BCUT2D eigenvalue weighted by Crippen LogP contribution is 2.28. The highest BCUT2D eigenvalue weighted by Gasteiger charge is 2.28. The number of nitrogens with zero attached hydrogens (tertiary/aromatic N) is 5. The Morgan fingerprint density at radius 2 is 2.00 bits per heavy atom. The molecule has 0 spiro atoms. The largest absolute Gasteiger partial charge is 0.497 e. The van der Waals surface area contributed by atoms with Crippen LogP contribution in [-0.4, -0.2) is 49.8 Å². The molecule has 1 aliphatic rings. The number of amides is 1. The highest BCUT2D eigenvalue weighted by molar-refractivity contribution is 5.70. The number of hydrogen-bond acceptors (Lipinski definition) is 7. The molecule has 0 bridgehead atoms. The van der Waals surface area contributed by atoms with Gasteiger partial charge in [0, 0.05) is 12.5 Å². The van der Waals surface area contributed by atoms with Gasteiger partial charge in [0.2, 0.25) is 0 Å². The zero-order chi connectivity index (χ0) is 22.0. The molecule has 164 valence electrons. The van der Waals surface area contributed by atoms with E-state index < -0.39 is 5.60 Å². The van der Waals surface area contributed by atoms with E-state index in [1.54, 1.807) is 18.0 Å². The molecule has 0 aliphatic heterocycles. The van der Waals surface area contributed by atoms with Gasteiger partial charge in [-0.25, -0.2) is 14.8 Å². The van der Waals surface area contributed by atoms with Crippen molar-refractivity contribution in [2.45, 2.75) is 58.1 Å². The molecule has 3 aromatic rings. The minimum absolute atomic E-state index is 0.120. The summed E-state index contributed by atoms with van der Waals surface area (Å²) in [6.07, 6.45) is 4.93. The Balaban J connectivity index is 1.43. The zero-order valence-electron chi connectivity index (χ0n) is 18.3. The maximum atomic E-state index is 12.0. The van der Waals surface area contributed by atoms with Gasteiger partial charge in [-0.05, 0) is 70.2 Å². The number of rotatable bonds is 5. The van der Waals surface area contributed by atoms with Gasteiger partial charge in [0.25, 0.3) is 0 Å². The molecule has 4 rings (SSSR count). The van der Waals surface area contributed by atoms with Crippen molar-refractivity contribution in [1.82, 2.24) is 30.3 Å². The molecule has 1 saturated carbocycles. The molecule has 1 amide bonds. The second kappa shape index (κ2) is 8.49. The molecular weight excluding hydrogens is 396 g/mol. The lowest BCUT2D eigenvalue weighted by molar-refractivity contribution is 0.0504. The van der Waals surface area contributed by atoms with Crippen molar-refractivity contribution in [1.29, 1.82) is 0 Å². The second-order valence-corrected chi connectivity index (χ2v) is 8.92. The number of methoxy groups -OCH3 is 1. The zero-order valence-corrected chi connectivity index (χ0v) is 18.3. The van der Waals surface area contributed by atoms with Crippen LogP contribution >= 0.6 is 0 Å². The van der Waals surface area contributed by atoms with Crippen molar-refractivity contribution in [2.75, 3.05) is 7.11 Å². The molecular formula is C22H28N6O3. The van der Waals surface area contributed by atoms with Crippen LogP contribution in [0.3, 0.4) is 0 Å². The van der Waals surface area contributed by atoms with E-state index in [0.717, 1.165) is 42.9 Å². The van der Waals surface area contributed by atoms with Crippen molar-refractivity contribution < 1.29 is 14.3 Å². The third-order valence-electron chi connectivity index (χ3n) is 5.29. The van der Waals surface area contributed by atoms with Crippen LogP contribution in [0.25, 0.3) is 16.9 Å². The van der Waals surface area contributed by atoms with Crippen molar-refractivity contribution in [2.24, 2.45) is 5.92 Å². The van der Waals surface area contributed by atoms with Gasteiger partial charge in [0.15, 0.2) is 11.2 Å². The van der Waals surface area contributed by atoms with Crippen LogP contribution in [0.4, 0.5) is 4.79 Å². The summed E-state index contributed by atoms with van der Waals surface area (Å²) in [5.74, 6) is 1.94. The summed E-state index contributed by atoms with van der Waals surface area (Å²) < 4.78 is 12.3. The van der Waals surface area contributed by atoms with Crippen LogP contribution in [0.2, 0.25) is 0 Å². The number of carbonyl (C=O) groups excluding carboxylic acids is 1. The van der Waals surface area contributed by atoms with Crippen molar-refractivity contribution in [3.8, 4) is 11.4 Å². The lowest BCUT2D eigenvalue weighted by Gasteiger charge is -2.21. The fourth-order valence-corrected chi connectivity index (χ4v) is 3.88. The van der Waals surface area contributed by atoms with Crippen molar-refractivity contribution in [3.05, 3.63) is 36.3 Å². The molecule has 0 unspecified atom stereocenters. The van der Waals surface area contributed by atoms with Crippen LogP contribution in [0, 0.1) is 5.92 Å². The van der Waals surface area contributed by atoms with Crippen LogP contribution < -0.4 is 10.1 Å². The number of ether oxygens (including phenoxy) is 2. The molecule has 9 heteroatoms. The van der Waals surface area contributed by atoms with E-state index in [4.69, 9.17) is 14.5 Å². The molecule has 2 aromatic heterocycles. The van der Waals surface area contributed by atoms with Gasteiger partial charge in [-0.1, -0.05) is 5.21 Å². The quantitative estimate of drug-likeness (QED) is 0.669. The topological polar surface area (TPSA) is 104 Å². The fourth-order valence-electron chi connectivity index (χ4n) is 3.88. The van der Waals surface area contributed by atoms with E-state index in [9.17, 15) is 4.79 Å². The van der Waals surface area contributed by atoms with Gasteiger partial charge < -0.3 is 14.8 Å². The molecule has 2 atom stereocenters. The molecule has 1 N–H and O–H groups in total. The van der Waals surface area contributed by atoms with Gasteiger partial charge in [-0.2, -0.15) is 4.68 Å². The first-order valence-electron chi connectivity index (χ1n) is 10.5. The minimum atomic E-state index is -0.494. The third-order valence-corrected chi connectivity index (χ3v) is 5.29. The van der Waals surface area contributed by atoms with Gasteiger partial charge in [0.05, 0.1) is 19.0 Å². The lowest BCUT2D eigenvalue weighted by atomic mass is 10.0. The number of benzene rings is 1. The normalized spacial score (nSPS) is 18.8. The van der Waals surface area contributed by atoms with Crippen LogP contribution in [0.1, 0.15) is 45.9 Å². The van der Waals surface area contributed by atoms with E-state index in [0.29, 0.717) is 17.1 Å². The first kappa shape index (κ1) is 21.0. The van der Waals surface area contributed by atoms with E-state index in [1.807, 2.05) is 45.0 Å². The number of hydrogen-bond donors (Lipinski definition) is 1. The number of nitrogens with one attached hydrogen (secondary N) is 1. The summed E-state index contributed by atoms with van der Waals surface area (Å²) in [5.41, 5.74) is 1.69. The number of fused-ring (bicyclic) bond motifs is 1. The molecule has 1 fully saturated rings. The Kier molecular flexibility index (Phi) is 5.75. The van der Waals surface area contributed by atoms with Crippen LogP contribution in [-0.2, 0) is 11.2 Å². The standard InChI is InChI=1S/C22H28N6O3/c1-22(2,3)31-21(29)24-15-6-5-14(11-15)12-19-23-13-18-20(25-19)28(27-26-18)16-7-9-17(30-4)10-8-16/h7-10,13-15H,5-6,11-12H2,1-4H3,(H,24,29)/t14-,15+/m1/s1. The highest BCUT2D eigenvalue weighted by atomic mass is 16.6. The Morgan fingerprint density at radius 3 is 2.71 bits per heavy atom. The summed E-state index contributed by atoms with van der Waals surface area (Å²) in [4.78, 5) is 21.2. The predicted molar refractivity (Wildman–Crippen MR) is 115 cm³/mol. The Bertz CT molecular complexity index is 1060. The number of aromatic nitrogens is 5. The Labute approximate surface area is 181 Å². The number of alkyl carbamates (subject to hydrolysis) is 1. The summed E-state index contributed by atoms with van der Waals surface area (Å²) in [6, 6.07) is 7.70. The monoisotopic (exact) mass is 424 g/mol. The van der Waals surface area contributed by atoms with Gasteiger partial charge >= 0.3 is 6.09 Å². The van der Waals surface area contributed by atoms with Gasteiger partial charge in [-0.3, -0.25) is 0 Å². The van der Waals surface area contributed by atoms with Crippen LogP contribution in [0.5, 0.6) is 5.75 Å².